The Hall–Kier alpha value is -2.58. The molecule has 2 saturated heterocycles. The highest BCUT2D eigenvalue weighted by atomic mass is 16.2. The molecule has 0 saturated carbocycles. The topological polar surface area (TPSA) is 113 Å². The van der Waals surface area contributed by atoms with Gasteiger partial charge in [0.1, 0.15) is 6.04 Å². The molecule has 0 aromatic heterocycles. The van der Waals surface area contributed by atoms with Gasteiger partial charge in [0.05, 0.1) is 11.1 Å². The van der Waals surface area contributed by atoms with Gasteiger partial charge < -0.3 is 5.73 Å². The predicted molar refractivity (Wildman–Crippen MR) is 86.4 cm³/mol. The predicted octanol–water partition coefficient (Wildman–Crippen LogP) is -0.769. The number of nitrogens with two attached hydrogens (primary N) is 1. The first-order valence-electron chi connectivity index (χ1n) is 8.27. The Balaban J connectivity index is 1.63. The zero-order valence-electron chi connectivity index (χ0n) is 13.5. The largest absolute Gasteiger partial charge is 0.325 e. The van der Waals surface area contributed by atoms with Crippen molar-refractivity contribution in [2.75, 3.05) is 13.1 Å². The molecule has 25 heavy (non-hydrogen) atoms. The molecule has 1 aromatic carbocycles. The van der Waals surface area contributed by atoms with Crippen molar-refractivity contribution < 1.29 is 19.2 Å². The van der Waals surface area contributed by atoms with Gasteiger partial charge in [-0.2, -0.15) is 0 Å². The molecule has 1 unspecified atom stereocenters. The number of piperidine rings is 1. The average molecular weight is 342 g/mol. The quantitative estimate of drug-likeness (QED) is 0.698. The fraction of sp³-hybridized carbons (Fsp3) is 0.412. The number of hydrogen-bond donors (Lipinski definition) is 2. The molecule has 0 aliphatic carbocycles. The SMILES string of the molecule is NC1CN(Cc2cccc3c2C(=O)N(C2CCC(=O)NC2=O)C3=O)C1. The lowest BCUT2D eigenvalue weighted by atomic mass is 10.0. The highest BCUT2D eigenvalue weighted by Gasteiger charge is 2.45. The van der Waals surface area contributed by atoms with Crippen LogP contribution in [0.3, 0.4) is 0 Å². The summed E-state index contributed by atoms with van der Waals surface area (Å²) in [4.78, 5) is 52.1. The van der Waals surface area contributed by atoms with E-state index in [-0.39, 0.29) is 24.8 Å². The average Bonchev–Trinajstić information content (AvgIpc) is 2.79. The number of nitrogens with zero attached hydrogens (tertiary/aromatic N) is 2. The van der Waals surface area contributed by atoms with Crippen molar-refractivity contribution in [2.45, 2.75) is 31.5 Å². The minimum atomic E-state index is -0.935. The number of fused-ring (bicyclic) bond motifs is 1. The van der Waals surface area contributed by atoms with Gasteiger partial charge >= 0.3 is 0 Å². The van der Waals surface area contributed by atoms with Crippen molar-refractivity contribution in [3.63, 3.8) is 0 Å². The van der Waals surface area contributed by atoms with E-state index < -0.39 is 23.8 Å². The van der Waals surface area contributed by atoms with E-state index in [1.54, 1.807) is 12.1 Å². The van der Waals surface area contributed by atoms with Gasteiger partial charge in [0.15, 0.2) is 0 Å². The van der Waals surface area contributed by atoms with E-state index in [0.717, 1.165) is 23.6 Å². The van der Waals surface area contributed by atoms with Crippen LogP contribution < -0.4 is 11.1 Å². The van der Waals surface area contributed by atoms with Crippen LogP contribution in [-0.4, -0.2) is 58.6 Å². The zero-order valence-corrected chi connectivity index (χ0v) is 13.5. The molecule has 3 aliphatic rings. The maximum absolute atomic E-state index is 12.9. The summed E-state index contributed by atoms with van der Waals surface area (Å²) in [6.07, 6.45) is 0.273. The second kappa shape index (κ2) is 5.75. The number of nitrogens with one attached hydrogen (secondary N) is 1. The maximum Gasteiger partial charge on any atom is 0.262 e. The number of benzene rings is 1. The normalized spacial score (nSPS) is 24.4. The first-order chi connectivity index (χ1) is 12.0. The molecule has 130 valence electrons. The van der Waals surface area contributed by atoms with E-state index in [4.69, 9.17) is 5.73 Å². The first kappa shape index (κ1) is 15.9. The van der Waals surface area contributed by atoms with Gasteiger partial charge in [-0.05, 0) is 18.1 Å². The van der Waals surface area contributed by atoms with Crippen LogP contribution in [-0.2, 0) is 16.1 Å². The third kappa shape index (κ3) is 2.54. The number of imide groups is 2. The second-order valence-corrected chi connectivity index (χ2v) is 6.74. The van der Waals surface area contributed by atoms with Gasteiger partial charge in [-0.25, -0.2) is 0 Å². The van der Waals surface area contributed by atoms with Gasteiger partial charge in [-0.15, -0.1) is 0 Å². The summed E-state index contributed by atoms with van der Waals surface area (Å²) in [5.41, 5.74) is 7.23. The molecule has 3 heterocycles. The number of rotatable bonds is 3. The lowest BCUT2D eigenvalue weighted by Crippen LogP contribution is -2.55. The molecule has 0 bridgehead atoms. The van der Waals surface area contributed by atoms with Crippen molar-refractivity contribution in [3.8, 4) is 0 Å². The highest BCUT2D eigenvalue weighted by molar-refractivity contribution is 6.24. The fourth-order valence-electron chi connectivity index (χ4n) is 3.70. The van der Waals surface area contributed by atoms with E-state index in [9.17, 15) is 19.2 Å². The Kier molecular flexibility index (Phi) is 3.66. The van der Waals surface area contributed by atoms with Crippen molar-refractivity contribution in [1.82, 2.24) is 15.1 Å². The molecule has 3 aliphatic heterocycles. The molecular weight excluding hydrogens is 324 g/mol. The summed E-state index contributed by atoms with van der Waals surface area (Å²) in [6.45, 7) is 2.05. The number of amides is 4. The Morgan fingerprint density at radius 3 is 2.56 bits per heavy atom. The lowest BCUT2D eigenvalue weighted by molar-refractivity contribution is -0.136. The van der Waals surface area contributed by atoms with Gasteiger partial charge in [0.2, 0.25) is 11.8 Å². The highest BCUT2D eigenvalue weighted by Crippen LogP contribution is 2.30. The van der Waals surface area contributed by atoms with Crippen LogP contribution in [0.4, 0.5) is 0 Å². The molecule has 1 aromatic rings. The Labute approximate surface area is 143 Å². The monoisotopic (exact) mass is 342 g/mol. The van der Waals surface area contributed by atoms with Crippen LogP contribution in [0, 0.1) is 0 Å². The summed E-state index contributed by atoms with van der Waals surface area (Å²) in [5.74, 6) is -1.92. The van der Waals surface area contributed by atoms with Crippen LogP contribution in [0.25, 0.3) is 0 Å². The van der Waals surface area contributed by atoms with E-state index >= 15 is 0 Å². The Morgan fingerprint density at radius 1 is 1.12 bits per heavy atom. The van der Waals surface area contributed by atoms with Crippen LogP contribution in [0.2, 0.25) is 0 Å². The van der Waals surface area contributed by atoms with E-state index in [2.05, 4.69) is 10.2 Å². The first-order valence-corrected chi connectivity index (χ1v) is 8.27. The molecule has 8 nitrogen and oxygen atoms in total. The number of hydrogen-bond acceptors (Lipinski definition) is 6. The molecular formula is C17H18N4O4. The van der Waals surface area contributed by atoms with Crippen LogP contribution >= 0.6 is 0 Å². The summed E-state index contributed by atoms with van der Waals surface area (Å²) < 4.78 is 0. The molecule has 8 heteroatoms. The van der Waals surface area contributed by atoms with E-state index in [1.807, 2.05) is 6.07 Å². The summed E-state index contributed by atoms with van der Waals surface area (Å²) >= 11 is 0. The van der Waals surface area contributed by atoms with Crippen LogP contribution in [0.15, 0.2) is 18.2 Å². The minimum absolute atomic E-state index is 0.113. The summed E-state index contributed by atoms with van der Waals surface area (Å²) in [6, 6.07) is 4.38. The maximum atomic E-state index is 12.9. The lowest BCUT2D eigenvalue weighted by Gasteiger charge is -2.37. The summed E-state index contributed by atoms with van der Waals surface area (Å²) in [5, 5.41) is 2.20. The standard InChI is InChI=1S/C17H18N4O4/c18-10-7-20(8-10)6-9-2-1-3-11-14(9)17(25)21(16(11)24)12-4-5-13(22)19-15(12)23/h1-3,10,12H,4-8,18H2,(H,19,22,23). The number of carbonyl (C=O) groups excluding carboxylic acids is 4. The van der Waals surface area contributed by atoms with Crippen LogP contribution in [0.5, 0.6) is 0 Å². The van der Waals surface area contributed by atoms with Crippen molar-refractivity contribution in [2.24, 2.45) is 5.73 Å². The van der Waals surface area contributed by atoms with E-state index in [1.165, 1.54) is 0 Å². The second-order valence-electron chi connectivity index (χ2n) is 6.74. The molecule has 1 atom stereocenters. The Morgan fingerprint density at radius 2 is 1.88 bits per heavy atom. The Bertz CT molecular complexity index is 800. The third-order valence-electron chi connectivity index (χ3n) is 4.93. The fourth-order valence-corrected chi connectivity index (χ4v) is 3.70. The molecule has 4 rings (SSSR count). The zero-order chi connectivity index (χ0) is 17.7. The van der Waals surface area contributed by atoms with Crippen molar-refractivity contribution in [1.29, 1.82) is 0 Å². The molecule has 2 fully saturated rings. The third-order valence-corrected chi connectivity index (χ3v) is 4.93. The van der Waals surface area contributed by atoms with Gasteiger partial charge in [-0.1, -0.05) is 12.1 Å². The molecule has 3 N–H and O–H groups in total. The van der Waals surface area contributed by atoms with Crippen molar-refractivity contribution in [3.05, 3.63) is 34.9 Å². The number of likely N-dealkylation sites (tertiary alicyclic amines) is 1. The van der Waals surface area contributed by atoms with Crippen LogP contribution in [0.1, 0.15) is 39.1 Å². The van der Waals surface area contributed by atoms with Gasteiger partial charge in [0, 0.05) is 32.1 Å². The van der Waals surface area contributed by atoms with Gasteiger partial charge in [0.25, 0.3) is 11.8 Å². The molecule has 0 radical (unpaired) electrons. The molecule has 0 spiro atoms. The summed E-state index contributed by atoms with van der Waals surface area (Å²) in [7, 11) is 0. The number of carbonyl (C=O) groups is 4. The minimum Gasteiger partial charge on any atom is -0.325 e. The van der Waals surface area contributed by atoms with E-state index in [0.29, 0.717) is 17.7 Å². The molecule has 4 amide bonds. The smallest absolute Gasteiger partial charge is 0.262 e. The van der Waals surface area contributed by atoms with Crippen molar-refractivity contribution >= 4 is 23.6 Å². The van der Waals surface area contributed by atoms with Gasteiger partial charge in [-0.3, -0.25) is 34.3 Å².